The zero-order valence-electron chi connectivity index (χ0n) is 20.1. The highest BCUT2D eigenvalue weighted by molar-refractivity contribution is 7.10. The number of rotatable bonds is 8. The standard InChI is InChI=1S/C27H31FN4O2S/c1-19-5-3-6-23(20(19)2)29-25(33)17-31-12-14-32(15-13-31)18-26(34)30-27(24-7-4-16-35-24)21-8-10-22(28)11-9-21/h3-11,16,27H,12-15,17-18H2,1-2H3,(H,29,33)(H,30,34). The SMILES string of the molecule is Cc1cccc(NC(=O)CN2CCN(CC(=O)NC(c3ccc(F)cc3)c3cccs3)CC2)c1C. The van der Waals surface area contributed by atoms with Crippen molar-refractivity contribution in [3.8, 4) is 0 Å². The van der Waals surface area contributed by atoms with E-state index in [-0.39, 0.29) is 30.2 Å². The molecule has 1 atom stereocenters. The van der Waals surface area contributed by atoms with Gasteiger partial charge in [0.15, 0.2) is 0 Å². The van der Waals surface area contributed by atoms with Crippen molar-refractivity contribution in [2.24, 2.45) is 0 Å². The average Bonchev–Trinajstić information content (AvgIpc) is 3.37. The largest absolute Gasteiger partial charge is 0.343 e. The molecule has 35 heavy (non-hydrogen) atoms. The monoisotopic (exact) mass is 494 g/mol. The molecule has 1 fully saturated rings. The lowest BCUT2D eigenvalue weighted by atomic mass is 10.1. The van der Waals surface area contributed by atoms with E-state index in [1.807, 2.05) is 49.6 Å². The lowest BCUT2D eigenvalue weighted by molar-refractivity contribution is -0.124. The number of halogens is 1. The molecule has 0 radical (unpaired) electrons. The molecule has 2 N–H and O–H groups in total. The summed E-state index contributed by atoms with van der Waals surface area (Å²) in [7, 11) is 0. The first-order chi connectivity index (χ1) is 16.9. The van der Waals surface area contributed by atoms with Crippen LogP contribution in [0.4, 0.5) is 10.1 Å². The summed E-state index contributed by atoms with van der Waals surface area (Å²) in [5, 5.41) is 8.09. The van der Waals surface area contributed by atoms with Gasteiger partial charge in [0.2, 0.25) is 11.8 Å². The smallest absolute Gasteiger partial charge is 0.238 e. The Kier molecular flexibility index (Phi) is 8.28. The van der Waals surface area contributed by atoms with Crippen molar-refractivity contribution < 1.29 is 14.0 Å². The molecule has 1 aliphatic heterocycles. The van der Waals surface area contributed by atoms with Crippen molar-refractivity contribution in [2.45, 2.75) is 19.9 Å². The molecule has 4 rings (SSSR count). The molecule has 0 spiro atoms. The number of hydrogen-bond donors (Lipinski definition) is 2. The van der Waals surface area contributed by atoms with Gasteiger partial charge in [-0.25, -0.2) is 4.39 Å². The van der Waals surface area contributed by atoms with Gasteiger partial charge in [-0.3, -0.25) is 19.4 Å². The van der Waals surface area contributed by atoms with Crippen molar-refractivity contribution in [1.82, 2.24) is 15.1 Å². The molecule has 184 valence electrons. The van der Waals surface area contributed by atoms with Crippen molar-refractivity contribution in [2.75, 3.05) is 44.6 Å². The van der Waals surface area contributed by atoms with E-state index in [1.54, 1.807) is 23.5 Å². The number of carbonyl (C=O) groups is 2. The van der Waals surface area contributed by atoms with E-state index in [0.717, 1.165) is 40.3 Å². The normalized spacial score (nSPS) is 15.5. The van der Waals surface area contributed by atoms with Gasteiger partial charge in [-0.1, -0.05) is 30.3 Å². The summed E-state index contributed by atoms with van der Waals surface area (Å²) in [6.07, 6.45) is 0. The van der Waals surface area contributed by atoms with E-state index in [4.69, 9.17) is 0 Å². The molecule has 2 amide bonds. The zero-order chi connectivity index (χ0) is 24.8. The summed E-state index contributed by atoms with van der Waals surface area (Å²) in [5.41, 5.74) is 3.93. The van der Waals surface area contributed by atoms with Crippen molar-refractivity contribution in [1.29, 1.82) is 0 Å². The number of nitrogens with one attached hydrogen (secondary N) is 2. The highest BCUT2D eigenvalue weighted by Gasteiger charge is 2.23. The van der Waals surface area contributed by atoms with E-state index in [0.29, 0.717) is 19.6 Å². The number of thiophene rings is 1. The van der Waals surface area contributed by atoms with Crippen LogP contribution < -0.4 is 10.6 Å². The van der Waals surface area contributed by atoms with E-state index in [9.17, 15) is 14.0 Å². The molecule has 1 aromatic heterocycles. The predicted octanol–water partition coefficient (Wildman–Crippen LogP) is 3.97. The third kappa shape index (κ3) is 6.75. The van der Waals surface area contributed by atoms with Crippen LogP contribution in [0.25, 0.3) is 0 Å². The Hall–Kier alpha value is -3.07. The Labute approximate surface area is 209 Å². The second-order valence-electron chi connectivity index (χ2n) is 8.92. The van der Waals surface area contributed by atoms with Gasteiger partial charge in [0.25, 0.3) is 0 Å². The molecule has 3 aromatic rings. The van der Waals surface area contributed by atoms with Gasteiger partial charge in [-0.2, -0.15) is 0 Å². The number of benzene rings is 2. The maximum Gasteiger partial charge on any atom is 0.238 e. The summed E-state index contributed by atoms with van der Waals surface area (Å²) < 4.78 is 13.4. The zero-order valence-corrected chi connectivity index (χ0v) is 20.9. The quantitative estimate of drug-likeness (QED) is 0.498. The summed E-state index contributed by atoms with van der Waals surface area (Å²) in [6.45, 7) is 7.52. The van der Waals surface area contributed by atoms with E-state index < -0.39 is 0 Å². The minimum absolute atomic E-state index is 0.0250. The topological polar surface area (TPSA) is 64.7 Å². The van der Waals surface area contributed by atoms with Gasteiger partial charge in [0.1, 0.15) is 5.82 Å². The fraction of sp³-hybridized carbons (Fsp3) is 0.333. The second-order valence-corrected chi connectivity index (χ2v) is 9.89. The second kappa shape index (κ2) is 11.6. The molecular weight excluding hydrogens is 463 g/mol. The van der Waals surface area contributed by atoms with Crippen LogP contribution in [-0.4, -0.2) is 60.9 Å². The number of anilines is 1. The molecular formula is C27H31FN4O2S. The van der Waals surface area contributed by atoms with Gasteiger partial charge >= 0.3 is 0 Å². The number of carbonyl (C=O) groups excluding carboxylic acids is 2. The van der Waals surface area contributed by atoms with Crippen LogP contribution in [0.1, 0.15) is 27.6 Å². The lowest BCUT2D eigenvalue weighted by Crippen LogP contribution is -2.51. The van der Waals surface area contributed by atoms with Gasteiger partial charge in [0, 0.05) is 36.7 Å². The Morgan fingerprint density at radius 1 is 0.914 bits per heavy atom. The Bertz CT molecular complexity index is 1140. The molecule has 6 nitrogen and oxygen atoms in total. The van der Waals surface area contributed by atoms with Crippen molar-refractivity contribution >= 4 is 28.8 Å². The first-order valence-electron chi connectivity index (χ1n) is 11.8. The molecule has 1 aliphatic rings. The maximum atomic E-state index is 13.4. The molecule has 0 bridgehead atoms. The number of aryl methyl sites for hydroxylation is 1. The molecule has 0 aliphatic carbocycles. The fourth-order valence-corrected chi connectivity index (χ4v) is 5.03. The van der Waals surface area contributed by atoms with Crippen LogP contribution in [0.5, 0.6) is 0 Å². The van der Waals surface area contributed by atoms with Gasteiger partial charge in [0.05, 0.1) is 19.1 Å². The summed E-state index contributed by atoms with van der Waals surface area (Å²) in [4.78, 5) is 30.6. The van der Waals surface area contributed by atoms with E-state index in [2.05, 4.69) is 20.4 Å². The number of nitrogens with zero attached hydrogens (tertiary/aromatic N) is 2. The van der Waals surface area contributed by atoms with Crippen LogP contribution in [0, 0.1) is 19.7 Å². The highest BCUT2D eigenvalue weighted by atomic mass is 32.1. The molecule has 1 unspecified atom stereocenters. The van der Waals surface area contributed by atoms with Crippen LogP contribution in [0.3, 0.4) is 0 Å². The molecule has 8 heteroatoms. The molecule has 2 aromatic carbocycles. The number of piperazine rings is 1. The number of hydrogen-bond acceptors (Lipinski definition) is 5. The van der Waals surface area contributed by atoms with Crippen molar-refractivity contribution in [3.63, 3.8) is 0 Å². The van der Waals surface area contributed by atoms with Crippen LogP contribution in [0.15, 0.2) is 60.0 Å². The van der Waals surface area contributed by atoms with E-state index in [1.165, 1.54) is 12.1 Å². The minimum Gasteiger partial charge on any atom is -0.343 e. The van der Waals surface area contributed by atoms with Crippen LogP contribution in [-0.2, 0) is 9.59 Å². The fourth-order valence-electron chi connectivity index (χ4n) is 4.22. The van der Waals surface area contributed by atoms with E-state index >= 15 is 0 Å². The Morgan fingerprint density at radius 2 is 1.57 bits per heavy atom. The molecule has 1 saturated heterocycles. The maximum absolute atomic E-state index is 13.4. The highest BCUT2D eigenvalue weighted by Crippen LogP contribution is 2.26. The van der Waals surface area contributed by atoms with Gasteiger partial charge in [-0.05, 0) is 60.2 Å². The summed E-state index contributed by atoms with van der Waals surface area (Å²) in [6, 6.07) is 15.8. The predicted molar refractivity (Wildman–Crippen MR) is 138 cm³/mol. The first kappa shape index (κ1) is 25.0. The third-order valence-corrected chi connectivity index (χ3v) is 7.35. The van der Waals surface area contributed by atoms with Crippen LogP contribution >= 0.6 is 11.3 Å². The van der Waals surface area contributed by atoms with Gasteiger partial charge < -0.3 is 10.6 Å². The van der Waals surface area contributed by atoms with Crippen molar-refractivity contribution in [3.05, 3.63) is 87.4 Å². The first-order valence-corrected chi connectivity index (χ1v) is 12.7. The molecule has 2 heterocycles. The molecule has 0 saturated carbocycles. The minimum atomic E-state index is -0.307. The summed E-state index contributed by atoms with van der Waals surface area (Å²) in [5.74, 6) is -0.401. The number of amides is 2. The average molecular weight is 495 g/mol. The Morgan fingerprint density at radius 3 is 2.20 bits per heavy atom. The van der Waals surface area contributed by atoms with Crippen LogP contribution in [0.2, 0.25) is 0 Å². The summed E-state index contributed by atoms with van der Waals surface area (Å²) >= 11 is 1.56. The Balaban J connectivity index is 1.26. The van der Waals surface area contributed by atoms with Gasteiger partial charge in [-0.15, -0.1) is 11.3 Å². The third-order valence-electron chi connectivity index (χ3n) is 6.41. The lowest BCUT2D eigenvalue weighted by Gasteiger charge is -2.34.